The molecule has 2 rings (SSSR count). The molecular weight excluding hydrogens is 236 g/mol. The molecule has 19 heavy (non-hydrogen) atoms. The van der Waals surface area contributed by atoms with Gasteiger partial charge in [0.05, 0.1) is 5.69 Å². The van der Waals surface area contributed by atoms with Gasteiger partial charge in [0.25, 0.3) is 0 Å². The average Bonchev–Trinajstić information content (AvgIpc) is 2.60. The monoisotopic (exact) mass is 256 g/mol. The molecule has 0 aliphatic rings. The summed E-state index contributed by atoms with van der Waals surface area (Å²) in [5.74, 6) is 0.117. The highest BCUT2D eigenvalue weighted by atomic mass is 16.1. The summed E-state index contributed by atoms with van der Waals surface area (Å²) in [5, 5.41) is 4.42. The molecule has 0 atom stereocenters. The van der Waals surface area contributed by atoms with E-state index in [4.69, 9.17) is 0 Å². The predicted molar refractivity (Wildman–Crippen MR) is 76.7 cm³/mol. The van der Waals surface area contributed by atoms with Crippen LogP contribution in [0.2, 0.25) is 0 Å². The van der Waals surface area contributed by atoms with Gasteiger partial charge in [-0.1, -0.05) is 17.7 Å². The molecule has 0 saturated heterocycles. The van der Waals surface area contributed by atoms with Crippen LogP contribution in [0, 0.1) is 34.6 Å². The quantitative estimate of drug-likeness (QED) is 0.790. The Labute approximate surface area is 114 Å². The summed E-state index contributed by atoms with van der Waals surface area (Å²) in [7, 11) is 0. The molecule has 1 aromatic heterocycles. The lowest BCUT2D eigenvalue weighted by atomic mass is 10.0. The Kier molecular flexibility index (Phi) is 3.56. The normalized spacial score (nSPS) is 10.8. The molecule has 0 radical (unpaired) electrons. The number of carbonyl (C=O) groups is 1. The molecule has 0 unspecified atom stereocenters. The number of hydrogen-bond acceptors (Lipinski definition) is 2. The lowest BCUT2D eigenvalue weighted by Gasteiger charge is -2.08. The number of ketones is 1. The van der Waals surface area contributed by atoms with Gasteiger partial charge in [-0.3, -0.25) is 9.48 Å². The Bertz CT molecular complexity index is 638. The lowest BCUT2D eigenvalue weighted by Crippen LogP contribution is -2.14. The van der Waals surface area contributed by atoms with E-state index < -0.39 is 0 Å². The third-order valence-corrected chi connectivity index (χ3v) is 3.73. The zero-order valence-corrected chi connectivity index (χ0v) is 12.2. The molecular formula is C16H20N2O. The number of hydrogen-bond donors (Lipinski definition) is 0. The van der Waals surface area contributed by atoms with E-state index in [1.54, 1.807) is 4.68 Å². The third kappa shape index (κ3) is 2.60. The van der Waals surface area contributed by atoms with Crippen molar-refractivity contribution < 1.29 is 4.79 Å². The van der Waals surface area contributed by atoms with Gasteiger partial charge in [0.15, 0.2) is 5.78 Å². The van der Waals surface area contributed by atoms with Crippen LogP contribution in [0.3, 0.4) is 0 Å². The van der Waals surface area contributed by atoms with Gasteiger partial charge >= 0.3 is 0 Å². The smallest absolute Gasteiger partial charge is 0.184 e. The number of benzene rings is 1. The number of aromatic nitrogens is 2. The summed E-state index contributed by atoms with van der Waals surface area (Å²) in [6, 6.07) is 5.98. The number of aryl methyl sites for hydroxylation is 3. The molecule has 100 valence electrons. The molecule has 0 amide bonds. The number of nitrogens with zero attached hydrogens (tertiary/aromatic N) is 2. The number of Topliss-reactive ketones (excluding diaryl/α,β-unsaturated/α-hetero) is 1. The standard InChI is InChI=1S/C16H20N2O/c1-10-6-7-11(2)15(8-10)16(19)9-18-14(5)12(3)13(4)17-18/h6-8H,9H2,1-5H3. The van der Waals surface area contributed by atoms with Crippen LogP contribution in [-0.2, 0) is 6.54 Å². The molecule has 1 heterocycles. The Balaban J connectivity index is 2.30. The van der Waals surface area contributed by atoms with Crippen LogP contribution < -0.4 is 0 Å². The van der Waals surface area contributed by atoms with Gasteiger partial charge in [0.1, 0.15) is 6.54 Å². The molecule has 0 saturated carbocycles. The van der Waals surface area contributed by atoms with Crippen LogP contribution in [0.4, 0.5) is 0 Å². The second-order valence-electron chi connectivity index (χ2n) is 5.20. The van der Waals surface area contributed by atoms with Crippen LogP contribution in [0.1, 0.15) is 38.4 Å². The minimum atomic E-state index is 0.117. The van der Waals surface area contributed by atoms with Crippen molar-refractivity contribution >= 4 is 5.78 Å². The van der Waals surface area contributed by atoms with Gasteiger partial charge in [-0.25, -0.2) is 0 Å². The maximum absolute atomic E-state index is 12.4. The van der Waals surface area contributed by atoms with Gasteiger partial charge < -0.3 is 0 Å². The molecule has 0 aliphatic heterocycles. The van der Waals surface area contributed by atoms with E-state index in [-0.39, 0.29) is 5.78 Å². The van der Waals surface area contributed by atoms with Crippen molar-refractivity contribution in [3.8, 4) is 0 Å². The summed E-state index contributed by atoms with van der Waals surface area (Å²) >= 11 is 0. The maximum Gasteiger partial charge on any atom is 0.184 e. The van der Waals surface area contributed by atoms with Crippen LogP contribution in [-0.4, -0.2) is 15.6 Å². The van der Waals surface area contributed by atoms with Crippen LogP contribution in [0.15, 0.2) is 18.2 Å². The topological polar surface area (TPSA) is 34.9 Å². The van der Waals surface area contributed by atoms with E-state index in [1.807, 2.05) is 52.8 Å². The zero-order valence-electron chi connectivity index (χ0n) is 12.2. The summed E-state index contributed by atoms with van der Waals surface area (Å²) in [4.78, 5) is 12.4. The first-order chi connectivity index (χ1) is 8.90. The first kappa shape index (κ1) is 13.5. The number of rotatable bonds is 3. The minimum Gasteiger partial charge on any atom is -0.292 e. The molecule has 3 heteroatoms. The second-order valence-corrected chi connectivity index (χ2v) is 5.20. The van der Waals surface area contributed by atoms with Crippen molar-refractivity contribution in [2.75, 3.05) is 0 Å². The molecule has 0 bridgehead atoms. The summed E-state index contributed by atoms with van der Waals surface area (Å²) in [6.45, 7) is 10.3. The van der Waals surface area contributed by atoms with Crippen LogP contribution in [0.5, 0.6) is 0 Å². The fraction of sp³-hybridized carbons (Fsp3) is 0.375. The first-order valence-electron chi connectivity index (χ1n) is 6.51. The largest absolute Gasteiger partial charge is 0.292 e. The van der Waals surface area contributed by atoms with Crippen molar-refractivity contribution in [2.24, 2.45) is 0 Å². The fourth-order valence-corrected chi connectivity index (χ4v) is 2.20. The third-order valence-electron chi connectivity index (χ3n) is 3.73. The highest BCUT2D eigenvalue weighted by Crippen LogP contribution is 2.15. The van der Waals surface area contributed by atoms with E-state index in [1.165, 1.54) is 0 Å². The van der Waals surface area contributed by atoms with Crippen molar-refractivity contribution in [3.05, 3.63) is 51.8 Å². The Morgan fingerprint density at radius 3 is 2.42 bits per heavy atom. The molecule has 0 fully saturated rings. The average molecular weight is 256 g/mol. The summed E-state index contributed by atoms with van der Waals surface area (Å²) < 4.78 is 1.80. The van der Waals surface area contributed by atoms with Crippen molar-refractivity contribution in [3.63, 3.8) is 0 Å². The molecule has 1 aromatic carbocycles. The molecule has 2 aromatic rings. The molecule has 0 spiro atoms. The SMILES string of the molecule is Cc1ccc(C)c(C(=O)Cn2nc(C)c(C)c2C)c1. The summed E-state index contributed by atoms with van der Waals surface area (Å²) in [5.41, 5.74) is 6.15. The van der Waals surface area contributed by atoms with Crippen molar-refractivity contribution in [1.82, 2.24) is 9.78 Å². The predicted octanol–water partition coefficient (Wildman–Crippen LogP) is 3.31. The Morgan fingerprint density at radius 1 is 1.16 bits per heavy atom. The van der Waals surface area contributed by atoms with Gasteiger partial charge in [-0.05, 0) is 51.8 Å². The highest BCUT2D eigenvalue weighted by Gasteiger charge is 2.14. The van der Waals surface area contributed by atoms with E-state index in [0.717, 1.165) is 33.6 Å². The van der Waals surface area contributed by atoms with Crippen LogP contribution in [0.25, 0.3) is 0 Å². The van der Waals surface area contributed by atoms with Gasteiger partial charge in [-0.2, -0.15) is 5.10 Å². The molecule has 0 aliphatic carbocycles. The zero-order chi connectivity index (χ0) is 14.2. The number of carbonyl (C=O) groups excluding carboxylic acids is 1. The first-order valence-corrected chi connectivity index (χ1v) is 6.51. The Hall–Kier alpha value is -1.90. The minimum absolute atomic E-state index is 0.117. The summed E-state index contributed by atoms with van der Waals surface area (Å²) in [6.07, 6.45) is 0. The lowest BCUT2D eigenvalue weighted by molar-refractivity contribution is 0.0966. The second kappa shape index (κ2) is 5.00. The van der Waals surface area contributed by atoms with E-state index in [9.17, 15) is 4.79 Å². The van der Waals surface area contributed by atoms with Gasteiger partial charge in [-0.15, -0.1) is 0 Å². The van der Waals surface area contributed by atoms with Gasteiger partial charge in [0, 0.05) is 11.3 Å². The fourth-order valence-electron chi connectivity index (χ4n) is 2.20. The Morgan fingerprint density at radius 2 is 1.84 bits per heavy atom. The van der Waals surface area contributed by atoms with E-state index in [2.05, 4.69) is 5.10 Å². The van der Waals surface area contributed by atoms with Gasteiger partial charge in [0.2, 0.25) is 0 Å². The van der Waals surface area contributed by atoms with E-state index in [0.29, 0.717) is 6.54 Å². The molecule has 3 nitrogen and oxygen atoms in total. The highest BCUT2D eigenvalue weighted by molar-refractivity contribution is 5.97. The van der Waals surface area contributed by atoms with Crippen molar-refractivity contribution in [1.29, 1.82) is 0 Å². The molecule has 0 N–H and O–H groups in total. The maximum atomic E-state index is 12.4. The van der Waals surface area contributed by atoms with E-state index >= 15 is 0 Å². The van der Waals surface area contributed by atoms with Crippen LogP contribution >= 0.6 is 0 Å². The van der Waals surface area contributed by atoms with Crippen molar-refractivity contribution in [2.45, 2.75) is 41.2 Å².